The topological polar surface area (TPSA) is 73.8 Å². The van der Waals surface area contributed by atoms with Crippen LogP contribution in [0.1, 0.15) is 33.2 Å². The molecule has 0 unspecified atom stereocenters. The van der Waals surface area contributed by atoms with Gasteiger partial charge in [0.25, 0.3) is 11.8 Å². The summed E-state index contributed by atoms with van der Waals surface area (Å²) in [4.78, 5) is 26.9. The minimum Gasteiger partial charge on any atom is -0.378 e. The Morgan fingerprint density at radius 2 is 1.59 bits per heavy atom. The molecule has 0 aromatic heterocycles. The number of hydrazone groups is 1. The van der Waals surface area contributed by atoms with Crippen molar-refractivity contribution in [3.63, 3.8) is 0 Å². The Labute approximate surface area is 196 Å². The Bertz CT molecular complexity index is 1170. The number of nitrogens with zero attached hydrogens (tertiary/aromatic N) is 2. The zero-order chi connectivity index (χ0) is 23.3. The summed E-state index contributed by atoms with van der Waals surface area (Å²) in [5.41, 5.74) is 6.29. The summed E-state index contributed by atoms with van der Waals surface area (Å²) in [6, 6.07) is 19.0. The first-order valence-electron chi connectivity index (χ1n) is 9.73. The molecule has 0 aliphatic carbocycles. The van der Waals surface area contributed by atoms with Crippen LogP contribution in [0.15, 0.2) is 71.8 Å². The number of nitrogens with one attached hydrogen (secondary N) is 2. The summed E-state index contributed by atoms with van der Waals surface area (Å²) >= 11 is 12.0. The van der Waals surface area contributed by atoms with Gasteiger partial charge >= 0.3 is 0 Å². The smallest absolute Gasteiger partial charge is 0.271 e. The monoisotopic (exact) mass is 468 g/mol. The van der Waals surface area contributed by atoms with Crippen LogP contribution in [0.25, 0.3) is 0 Å². The van der Waals surface area contributed by atoms with E-state index in [4.69, 9.17) is 23.2 Å². The van der Waals surface area contributed by atoms with Crippen LogP contribution >= 0.6 is 23.2 Å². The van der Waals surface area contributed by atoms with Gasteiger partial charge in [-0.2, -0.15) is 5.10 Å². The predicted molar refractivity (Wildman–Crippen MR) is 131 cm³/mol. The molecule has 164 valence electrons. The van der Waals surface area contributed by atoms with Crippen molar-refractivity contribution in [2.24, 2.45) is 5.10 Å². The van der Waals surface area contributed by atoms with Gasteiger partial charge in [0.2, 0.25) is 0 Å². The number of hydrogen-bond donors (Lipinski definition) is 2. The lowest BCUT2D eigenvalue weighted by Crippen LogP contribution is -2.19. The summed E-state index contributed by atoms with van der Waals surface area (Å²) in [6.07, 6.45) is 0. The van der Waals surface area contributed by atoms with E-state index in [1.165, 1.54) is 6.07 Å². The number of amides is 2. The predicted octanol–water partition coefficient (Wildman–Crippen LogP) is 5.47. The fourth-order valence-corrected chi connectivity index (χ4v) is 3.36. The summed E-state index contributed by atoms with van der Waals surface area (Å²) < 4.78 is 0. The molecule has 3 aromatic rings. The van der Waals surface area contributed by atoms with Crippen LogP contribution in [-0.2, 0) is 0 Å². The molecule has 0 saturated heterocycles. The van der Waals surface area contributed by atoms with Crippen LogP contribution in [-0.4, -0.2) is 31.6 Å². The van der Waals surface area contributed by atoms with Crippen LogP contribution < -0.4 is 15.6 Å². The van der Waals surface area contributed by atoms with E-state index in [-0.39, 0.29) is 16.8 Å². The van der Waals surface area contributed by atoms with E-state index in [1.54, 1.807) is 49.4 Å². The molecule has 2 N–H and O–H groups in total. The Morgan fingerprint density at radius 3 is 2.25 bits per heavy atom. The van der Waals surface area contributed by atoms with Crippen LogP contribution in [0.4, 0.5) is 11.4 Å². The molecule has 0 radical (unpaired) electrons. The Balaban J connectivity index is 1.68. The number of benzene rings is 3. The Kier molecular flexibility index (Phi) is 7.51. The Hall–Kier alpha value is -3.35. The molecule has 32 heavy (non-hydrogen) atoms. The normalized spacial score (nSPS) is 11.1. The van der Waals surface area contributed by atoms with Gasteiger partial charge in [0.1, 0.15) is 0 Å². The molecule has 6 nitrogen and oxygen atoms in total. The largest absolute Gasteiger partial charge is 0.378 e. The molecule has 0 aliphatic heterocycles. The van der Waals surface area contributed by atoms with Crippen LogP contribution in [0, 0.1) is 0 Å². The molecule has 0 saturated carbocycles. The molecule has 2 amide bonds. The van der Waals surface area contributed by atoms with Gasteiger partial charge in [-0.1, -0.05) is 35.3 Å². The van der Waals surface area contributed by atoms with Gasteiger partial charge in [0.15, 0.2) is 0 Å². The second-order valence-electron chi connectivity index (χ2n) is 7.24. The van der Waals surface area contributed by atoms with Crippen LogP contribution in [0.2, 0.25) is 10.0 Å². The number of rotatable bonds is 6. The molecule has 0 heterocycles. The number of carbonyl (C=O) groups excluding carboxylic acids is 2. The quantitative estimate of drug-likeness (QED) is 0.372. The lowest BCUT2D eigenvalue weighted by atomic mass is 10.1. The highest BCUT2D eigenvalue weighted by atomic mass is 35.5. The third-order valence-electron chi connectivity index (χ3n) is 4.69. The van der Waals surface area contributed by atoms with E-state index in [1.807, 2.05) is 37.2 Å². The highest BCUT2D eigenvalue weighted by molar-refractivity contribution is 6.37. The van der Waals surface area contributed by atoms with E-state index in [2.05, 4.69) is 15.8 Å². The highest BCUT2D eigenvalue weighted by Gasteiger charge is 2.12. The zero-order valence-corrected chi connectivity index (χ0v) is 19.3. The first-order chi connectivity index (χ1) is 15.2. The average Bonchev–Trinajstić information content (AvgIpc) is 2.77. The number of carbonyl (C=O) groups is 2. The molecule has 0 atom stereocenters. The van der Waals surface area contributed by atoms with E-state index in [0.29, 0.717) is 27.5 Å². The fourth-order valence-electron chi connectivity index (χ4n) is 2.87. The van der Waals surface area contributed by atoms with Crippen molar-refractivity contribution in [3.05, 3.63) is 93.5 Å². The molecule has 3 rings (SSSR count). The molecular formula is C24H22Cl2N4O2. The molecule has 0 bridgehead atoms. The van der Waals surface area contributed by atoms with Crippen molar-refractivity contribution in [2.75, 3.05) is 24.3 Å². The molecule has 0 aliphatic rings. The van der Waals surface area contributed by atoms with Gasteiger partial charge in [-0.15, -0.1) is 0 Å². The minimum atomic E-state index is -0.354. The number of hydrogen-bond acceptors (Lipinski definition) is 4. The fraction of sp³-hybridized carbons (Fsp3) is 0.125. The number of anilines is 2. The van der Waals surface area contributed by atoms with E-state index in [9.17, 15) is 9.59 Å². The lowest BCUT2D eigenvalue weighted by molar-refractivity contribution is 0.0954. The van der Waals surface area contributed by atoms with Crippen molar-refractivity contribution in [1.82, 2.24) is 5.43 Å². The first kappa shape index (κ1) is 23.3. The van der Waals surface area contributed by atoms with Crippen LogP contribution in [0.5, 0.6) is 0 Å². The second kappa shape index (κ2) is 10.3. The van der Waals surface area contributed by atoms with E-state index in [0.717, 1.165) is 11.3 Å². The van der Waals surface area contributed by atoms with Gasteiger partial charge in [-0.05, 0) is 67.1 Å². The van der Waals surface area contributed by atoms with Gasteiger partial charge in [0.05, 0.1) is 16.3 Å². The van der Waals surface area contributed by atoms with Gasteiger partial charge in [-0.3, -0.25) is 9.59 Å². The van der Waals surface area contributed by atoms with E-state index >= 15 is 0 Å². The minimum absolute atomic E-state index is 0.269. The van der Waals surface area contributed by atoms with Gasteiger partial charge < -0.3 is 10.2 Å². The second-order valence-corrected chi connectivity index (χ2v) is 8.08. The first-order valence-corrected chi connectivity index (χ1v) is 10.5. The van der Waals surface area contributed by atoms with Gasteiger partial charge in [-0.25, -0.2) is 5.43 Å². The highest BCUT2D eigenvalue weighted by Crippen LogP contribution is 2.22. The van der Waals surface area contributed by atoms with Crippen molar-refractivity contribution in [2.45, 2.75) is 6.92 Å². The zero-order valence-electron chi connectivity index (χ0n) is 17.8. The third-order valence-corrected chi connectivity index (χ3v) is 5.23. The lowest BCUT2D eigenvalue weighted by Gasteiger charge is -2.12. The maximum Gasteiger partial charge on any atom is 0.271 e. The van der Waals surface area contributed by atoms with Crippen molar-refractivity contribution < 1.29 is 9.59 Å². The average molecular weight is 469 g/mol. The van der Waals surface area contributed by atoms with Crippen molar-refractivity contribution >= 4 is 52.1 Å². The van der Waals surface area contributed by atoms with E-state index < -0.39 is 0 Å². The van der Waals surface area contributed by atoms with Crippen molar-refractivity contribution in [3.8, 4) is 0 Å². The Morgan fingerprint density at radius 1 is 0.875 bits per heavy atom. The SMILES string of the molecule is C/C(=N/NC(=O)c1ccc(N(C)C)cc1)c1cccc(NC(=O)c2ccc(Cl)cc2Cl)c1. The summed E-state index contributed by atoms with van der Waals surface area (Å²) in [6.45, 7) is 1.77. The van der Waals surface area contributed by atoms with Crippen LogP contribution in [0.3, 0.4) is 0 Å². The molecular weight excluding hydrogens is 447 g/mol. The molecule has 0 fully saturated rings. The maximum absolute atomic E-state index is 12.5. The summed E-state index contributed by atoms with van der Waals surface area (Å²) in [7, 11) is 3.87. The molecule has 3 aromatic carbocycles. The maximum atomic E-state index is 12.5. The molecule has 8 heteroatoms. The number of halogens is 2. The summed E-state index contributed by atoms with van der Waals surface area (Å²) in [5, 5.41) is 7.72. The third kappa shape index (κ3) is 5.87. The standard InChI is InChI=1S/C24H22Cl2N4O2/c1-15(28-29-23(31)16-7-10-20(11-8-16)30(2)3)17-5-4-6-19(13-17)27-24(32)21-12-9-18(25)14-22(21)26/h4-14H,1-3H3,(H,27,32)(H,29,31)/b28-15-. The van der Waals surface area contributed by atoms with Gasteiger partial charge in [0, 0.05) is 36.1 Å². The summed E-state index contributed by atoms with van der Waals surface area (Å²) in [5.74, 6) is -0.663. The molecule has 0 spiro atoms. The van der Waals surface area contributed by atoms with Crippen molar-refractivity contribution in [1.29, 1.82) is 0 Å².